The number of guanidine groups is 1. The van der Waals surface area contributed by atoms with Crippen molar-refractivity contribution in [2.24, 2.45) is 4.99 Å². The maximum absolute atomic E-state index is 12.1. The van der Waals surface area contributed by atoms with Crippen LogP contribution < -0.4 is 5.32 Å². The summed E-state index contributed by atoms with van der Waals surface area (Å²) >= 11 is 1.67. The Morgan fingerprint density at radius 3 is 2.57 bits per heavy atom. The molecule has 0 atom stereocenters. The van der Waals surface area contributed by atoms with Gasteiger partial charge in [-0.3, -0.25) is 4.99 Å². The number of halogens is 1. The van der Waals surface area contributed by atoms with E-state index < -0.39 is 14.6 Å². The third kappa shape index (κ3) is 4.56. The fourth-order valence-corrected chi connectivity index (χ4v) is 4.67. The quantitative estimate of drug-likeness (QED) is 0.405. The molecular weight excluding hydrogens is 447 g/mol. The molecule has 0 saturated carbocycles. The van der Waals surface area contributed by atoms with Crippen molar-refractivity contribution < 1.29 is 8.42 Å². The first-order valence-electron chi connectivity index (χ1n) is 7.27. The lowest BCUT2D eigenvalue weighted by atomic mass is 10.2. The number of hydrogen-bond acceptors (Lipinski definition) is 5. The molecule has 23 heavy (non-hydrogen) atoms. The summed E-state index contributed by atoms with van der Waals surface area (Å²) < 4.78 is 23.4. The maximum atomic E-state index is 12.1. The molecule has 1 aromatic heterocycles. The number of nitrogens with zero attached hydrogens (tertiary/aromatic N) is 3. The molecule has 1 aliphatic rings. The molecule has 2 heterocycles. The largest absolute Gasteiger partial charge is 0.350 e. The number of aromatic nitrogens is 1. The fraction of sp³-hybridized carbons (Fsp3) is 0.714. The van der Waals surface area contributed by atoms with E-state index >= 15 is 0 Å². The Kier molecular flexibility index (Phi) is 6.85. The average Bonchev–Trinajstić information content (AvgIpc) is 2.73. The normalized spacial score (nSPS) is 20.0. The van der Waals surface area contributed by atoms with Crippen molar-refractivity contribution in [3.05, 3.63) is 15.6 Å². The summed E-state index contributed by atoms with van der Waals surface area (Å²) in [7, 11) is -1.32. The van der Waals surface area contributed by atoms with Crippen LogP contribution >= 0.6 is 35.3 Å². The summed E-state index contributed by atoms with van der Waals surface area (Å²) in [6.45, 7) is 9.14. The Bertz CT molecular complexity index is 663. The smallest absolute Gasteiger partial charge is 0.194 e. The van der Waals surface area contributed by atoms with Crippen LogP contribution in [0.1, 0.15) is 29.4 Å². The second kappa shape index (κ2) is 7.64. The fourth-order valence-electron chi connectivity index (χ4n) is 2.43. The number of sulfone groups is 1. The molecule has 0 spiro atoms. The van der Waals surface area contributed by atoms with Crippen molar-refractivity contribution in [2.45, 2.75) is 39.0 Å². The highest BCUT2D eigenvalue weighted by molar-refractivity contribution is 14.0. The summed E-state index contributed by atoms with van der Waals surface area (Å²) in [5.41, 5.74) is 1.06. The van der Waals surface area contributed by atoms with Crippen molar-refractivity contribution >= 4 is 51.1 Å². The molecule has 0 aromatic carbocycles. The van der Waals surface area contributed by atoms with Gasteiger partial charge in [0.2, 0.25) is 0 Å². The van der Waals surface area contributed by atoms with E-state index in [2.05, 4.69) is 22.2 Å². The van der Waals surface area contributed by atoms with Gasteiger partial charge in [-0.2, -0.15) is 0 Å². The van der Waals surface area contributed by atoms with Crippen LogP contribution in [0.4, 0.5) is 0 Å². The highest BCUT2D eigenvalue weighted by atomic mass is 127. The molecule has 1 aromatic rings. The van der Waals surface area contributed by atoms with Gasteiger partial charge in [0, 0.05) is 25.0 Å². The Morgan fingerprint density at radius 2 is 2.09 bits per heavy atom. The molecule has 0 bridgehead atoms. The van der Waals surface area contributed by atoms with Crippen LogP contribution in [0.2, 0.25) is 0 Å². The molecule has 132 valence electrons. The van der Waals surface area contributed by atoms with Crippen molar-refractivity contribution in [3.63, 3.8) is 0 Å². The molecule has 9 heteroatoms. The van der Waals surface area contributed by atoms with Crippen LogP contribution in [0.3, 0.4) is 0 Å². The zero-order valence-corrected chi connectivity index (χ0v) is 18.2. The number of rotatable bonds is 2. The number of aryl methyl sites for hydroxylation is 2. The number of thiazole rings is 1. The lowest BCUT2D eigenvalue weighted by Gasteiger charge is -2.39. The van der Waals surface area contributed by atoms with E-state index in [4.69, 9.17) is 0 Å². The topological polar surface area (TPSA) is 74.7 Å². The van der Waals surface area contributed by atoms with Gasteiger partial charge >= 0.3 is 0 Å². The number of nitrogens with one attached hydrogen (secondary N) is 1. The Balaban J connectivity index is 0.00000264. The SMILES string of the molecule is CN=C(NCc1nc(C)c(C)s1)N1CCS(=O)(=O)C(C)(C)C1.I. The van der Waals surface area contributed by atoms with Gasteiger partial charge in [-0.1, -0.05) is 0 Å². The highest BCUT2D eigenvalue weighted by Gasteiger charge is 2.40. The minimum atomic E-state index is -3.04. The second-order valence-electron chi connectivity index (χ2n) is 6.15. The summed E-state index contributed by atoms with van der Waals surface area (Å²) in [5.74, 6) is 0.893. The molecule has 6 nitrogen and oxygen atoms in total. The molecular formula is C14H25IN4O2S2. The van der Waals surface area contributed by atoms with E-state index in [-0.39, 0.29) is 29.7 Å². The van der Waals surface area contributed by atoms with E-state index in [1.807, 2.05) is 11.8 Å². The van der Waals surface area contributed by atoms with Crippen molar-refractivity contribution in [1.29, 1.82) is 0 Å². The van der Waals surface area contributed by atoms with Crippen LogP contribution in [-0.4, -0.2) is 54.9 Å². The van der Waals surface area contributed by atoms with Gasteiger partial charge in [-0.05, 0) is 27.7 Å². The second-order valence-corrected chi connectivity index (χ2v) is 10.2. The molecule has 1 aliphatic heterocycles. The van der Waals surface area contributed by atoms with Gasteiger partial charge in [0.25, 0.3) is 0 Å². The Morgan fingerprint density at radius 1 is 1.43 bits per heavy atom. The van der Waals surface area contributed by atoms with Gasteiger partial charge in [-0.15, -0.1) is 35.3 Å². The van der Waals surface area contributed by atoms with Crippen molar-refractivity contribution in [2.75, 3.05) is 25.9 Å². The van der Waals surface area contributed by atoms with Crippen molar-refractivity contribution in [1.82, 2.24) is 15.2 Å². The molecule has 2 rings (SSSR count). The summed E-state index contributed by atoms with van der Waals surface area (Å²) in [4.78, 5) is 12.0. The zero-order chi connectivity index (χ0) is 16.5. The van der Waals surface area contributed by atoms with Crippen LogP contribution in [0.5, 0.6) is 0 Å². The third-order valence-electron chi connectivity index (χ3n) is 4.03. The van der Waals surface area contributed by atoms with E-state index in [1.165, 1.54) is 4.88 Å². The standard InChI is InChI=1S/C14H24N4O2S2.HI/c1-10-11(2)21-12(17-10)8-16-13(15-5)18-6-7-22(19,20)14(3,4)9-18;/h6-9H2,1-5H3,(H,15,16);1H. The lowest BCUT2D eigenvalue weighted by molar-refractivity contribution is 0.353. The zero-order valence-electron chi connectivity index (χ0n) is 14.2. The van der Waals surface area contributed by atoms with E-state index in [1.54, 1.807) is 32.2 Å². The molecule has 1 fully saturated rings. The van der Waals surface area contributed by atoms with E-state index in [0.717, 1.165) is 16.7 Å². The minimum Gasteiger partial charge on any atom is -0.350 e. The first kappa shape index (κ1) is 20.6. The first-order valence-corrected chi connectivity index (χ1v) is 9.74. The number of hydrogen-bond donors (Lipinski definition) is 1. The van der Waals surface area contributed by atoms with E-state index in [0.29, 0.717) is 19.6 Å². The Labute approximate surface area is 159 Å². The molecule has 1 saturated heterocycles. The van der Waals surface area contributed by atoms with Gasteiger partial charge in [0.05, 0.1) is 22.7 Å². The number of aliphatic imine (C=N–C) groups is 1. The average molecular weight is 472 g/mol. The van der Waals surface area contributed by atoms with Crippen LogP contribution in [0, 0.1) is 13.8 Å². The predicted octanol–water partition coefficient (Wildman–Crippen LogP) is 1.96. The van der Waals surface area contributed by atoms with Crippen LogP contribution in [0.25, 0.3) is 0 Å². The Hall–Kier alpha value is -0.420. The minimum absolute atomic E-state index is 0. The molecule has 0 radical (unpaired) electrons. The molecule has 0 aliphatic carbocycles. The molecule has 0 amide bonds. The van der Waals surface area contributed by atoms with E-state index in [9.17, 15) is 8.42 Å². The summed E-state index contributed by atoms with van der Waals surface area (Å²) in [5, 5.41) is 4.30. The van der Waals surface area contributed by atoms with Gasteiger partial charge in [0.1, 0.15) is 5.01 Å². The van der Waals surface area contributed by atoms with Crippen LogP contribution in [0.15, 0.2) is 4.99 Å². The monoisotopic (exact) mass is 472 g/mol. The first-order chi connectivity index (χ1) is 10.2. The van der Waals surface area contributed by atoms with Gasteiger partial charge < -0.3 is 10.2 Å². The molecule has 1 N–H and O–H groups in total. The maximum Gasteiger partial charge on any atom is 0.194 e. The van der Waals surface area contributed by atoms with Gasteiger partial charge in [0.15, 0.2) is 15.8 Å². The molecule has 0 unspecified atom stereocenters. The summed E-state index contributed by atoms with van der Waals surface area (Å²) in [6.07, 6.45) is 0. The van der Waals surface area contributed by atoms with Gasteiger partial charge in [-0.25, -0.2) is 13.4 Å². The predicted molar refractivity (Wildman–Crippen MR) is 107 cm³/mol. The summed E-state index contributed by atoms with van der Waals surface area (Å²) in [6, 6.07) is 0. The third-order valence-corrected chi connectivity index (χ3v) is 7.63. The van der Waals surface area contributed by atoms with Crippen molar-refractivity contribution in [3.8, 4) is 0 Å². The van der Waals surface area contributed by atoms with Crippen LogP contribution in [-0.2, 0) is 16.4 Å². The highest BCUT2D eigenvalue weighted by Crippen LogP contribution is 2.24. The lowest BCUT2D eigenvalue weighted by Crippen LogP contribution is -2.57.